The van der Waals surface area contributed by atoms with E-state index in [2.05, 4.69) is 29.4 Å². The van der Waals surface area contributed by atoms with E-state index in [4.69, 9.17) is 4.74 Å². The van der Waals surface area contributed by atoms with Gasteiger partial charge in [0.2, 0.25) is 0 Å². The Hall–Kier alpha value is -1.87. The molecular weight excluding hydrogens is 248 g/mol. The van der Waals surface area contributed by atoms with Crippen molar-refractivity contribution in [1.29, 1.82) is 0 Å². The summed E-state index contributed by atoms with van der Waals surface area (Å²) in [6, 6.07) is 14.2. The minimum Gasteiger partial charge on any atom is -0.483 e. The zero-order valence-corrected chi connectivity index (χ0v) is 12.2. The van der Waals surface area contributed by atoms with Gasteiger partial charge < -0.3 is 10.1 Å². The summed E-state index contributed by atoms with van der Waals surface area (Å²) >= 11 is 0. The molecule has 0 fully saturated rings. The first-order valence-electron chi connectivity index (χ1n) is 7.14. The van der Waals surface area contributed by atoms with Gasteiger partial charge in [-0.25, -0.2) is 0 Å². The molecule has 2 rings (SSSR count). The molecule has 106 valence electrons. The molecular formula is C17H22N2O. The number of rotatable bonds is 7. The maximum absolute atomic E-state index is 6.08. The van der Waals surface area contributed by atoms with Crippen molar-refractivity contribution in [2.75, 3.05) is 13.1 Å². The highest BCUT2D eigenvalue weighted by molar-refractivity contribution is 5.23. The maximum Gasteiger partial charge on any atom is 0.138 e. The Morgan fingerprint density at radius 3 is 2.60 bits per heavy atom. The molecule has 1 aromatic heterocycles. The number of ether oxygens (including phenoxy) is 1. The molecule has 0 radical (unpaired) electrons. The molecule has 0 spiro atoms. The van der Waals surface area contributed by atoms with Crippen LogP contribution in [0.5, 0.6) is 5.75 Å². The van der Waals surface area contributed by atoms with Gasteiger partial charge in [0.15, 0.2) is 0 Å². The van der Waals surface area contributed by atoms with Gasteiger partial charge in [-0.1, -0.05) is 37.3 Å². The van der Waals surface area contributed by atoms with Gasteiger partial charge in [0, 0.05) is 12.2 Å². The van der Waals surface area contributed by atoms with E-state index in [0.717, 1.165) is 31.0 Å². The largest absolute Gasteiger partial charge is 0.483 e. The van der Waals surface area contributed by atoms with Crippen molar-refractivity contribution in [1.82, 2.24) is 10.3 Å². The molecule has 1 atom stereocenters. The summed E-state index contributed by atoms with van der Waals surface area (Å²) in [6.07, 6.45) is 2.91. The summed E-state index contributed by atoms with van der Waals surface area (Å²) in [4.78, 5) is 4.28. The second-order valence-corrected chi connectivity index (χ2v) is 4.86. The van der Waals surface area contributed by atoms with Crippen molar-refractivity contribution in [3.05, 3.63) is 59.9 Å². The van der Waals surface area contributed by atoms with Crippen LogP contribution in [0, 0.1) is 6.92 Å². The third kappa shape index (κ3) is 4.35. The van der Waals surface area contributed by atoms with Crippen molar-refractivity contribution >= 4 is 0 Å². The highest BCUT2D eigenvalue weighted by atomic mass is 16.5. The smallest absolute Gasteiger partial charge is 0.138 e. The number of hydrogen-bond donors (Lipinski definition) is 1. The number of pyridine rings is 1. The Morgan fingerprint density at radius 1 is 1.15 bits per heavy atom. The molecule has 0 saturated carbocycles. The number of aryl methyl sites for hydroxylation is 1. The van der Waals surface area contributed by atoms with Crippen LogP contribution in [-0.4, -0.2) is 18.1 Å². The second-order valence-electron chi connectivity index (χ2n) is 4.86. The van der Waals surface area contributed by atoms with Crippen LogP contribution >= 0.6 is 0 Å². The van der Waals surface area contributed by atoms with Crippen LogP contribution in [0.1, 0.15) is 30.7 Å². The second kappa shape index (κ2) is 7.65. The number of hydrogen-bond acceptors (Lipinski definition) is 3. The van der Waals surface area contributed by atoms with Crippen molar-refractivity contribution < 1.29 is 4.74 Å². The summed E-state index contributed by atoms with van der Waals surface area (Å²) in [6.45, 7) is 5.93. The summed E-state index contributed by atoms with van der Waals surface area (Å²) in [5.41, 5.74) is 2.18. The van der Waals surface area contributed by atoms with Crippen LogP contribution in [0.4, 0.5) is 0 Å². The molecule has 0 bridgehead atoms. The van der Waals surface area contributed by atoms with Crippen LogP contribution in [0.15, 0.2) is 48.7 Å². The van der Waals surface area contributed by atoms with Crippen LogP contribution in [0.3, 0.4) is 0 Å². The third-order valence-electron chi connectivity index (χ3n) is 3.09. The maximum atomic E-state index is 6.08. The van der Waals surface area contributed by atoms with Gasteiger partial charge in [0.25, 0.3) is 0 Å². The normalized spacial score (nSPS) is 12.1. The minimum atomic E-state index is 0.00672. The van der Waals surface area contributed by atoms with E-state index in [0.29, 0.717) is 0 Å². The predicted octanol–water partition coefficient (Wildman–Crippen LogP) is 3.51. The molecule has 0 amide bonds. The van der Waals surface area contributed by atoms with E-state index in [1.165, 1.54) is 5.56 Å². The van der Waals surface area contributed by atoms with Crippen molar-refractivity contribution in [3.8, 4) is 5.75 Å². The fourth-order valence-electron chi connectivity index (χ4n) is 1.99. The first kappa shape index (κ1) is 14.5. The topological polar surface area (TPSA) is 34.1 Å². The number of benzene rings is 1. The molecule has 1 N–H and O–H groups in total. The standard InChI is InChI=1S/C17H22N2O/c1-3-11-18-13-17(15-7-5-4-6-8-15)20-16-10-9-14(2)19-12-16/h4-10,12,17-18H,3,11,13H2,1-2H3. The molecule has 20 heavy (non-hydrogen) atoms. The van der Waals surface area contributed by atoms with Gasteiger partial charge in [-0.2, -0.15) is 0 Å². The van der Waals surface area contributed by atoms with E-state index >= 15 is 0 Å². The lowest BCUT2D eigenvalue weighted by Gasteiger charge is -2.20. The van der Waals surface area contributed by atoms with Gasteiger partial charge in [-0.15, -0.1) is 0 Å². The lowest BCUT2D eigenvalue weighted by atomic mass is 10.1. The lowest BCUT2D eigenvalue weighted by molar-refractivity contribution is 0.201. The molecule has 1 heterocycles. The Labute approximate surface area is 121 Å². The average molecular weight is 270 g/mol. The fourth-order valence-corrected chi connectivity index (χ4v) is 1.99. The SMILES string of the molecule is CCCNCC(Oc1ccc(C)nc1)c1ccccc1. The molecule has 0 aliphatic rings. The van der Waals surface area contributed by atoms with Crippen LogP contribution in [0.2, 0.25) is 0 Å². The first-order valence-corrected chi connectivity index (χ1v) is 7.14. The molecule has 1 aromatic carbocycles. The minimum absolute atomic E-state index is 0.00672. The van der Waals surface area contributed by atoms with Crippen LogP contribution < -0.4 is 10.1 Å². The summed E-state index contributed by atoms with van der Waals surface area (Å²) < 4.78 is 6.08. The van der Waals surface area contributed by atoms with E-state index in [-0.39, 0.29) is 6.10 Å². The number of aromatic nitrogens is 1. The molecule has 3 nitrogen and oxygen atoms in total. The average Bonchev–Trinajstić information content (AvgIpc) is 2.49. The summed E-state index contributed by atoms with van der Waals surface area (Å²) in [5, 5.41) is 3.42. The molecule has 3 heteroatoms. The molecule has 0 aliphatic carbocycles. The predicted molar refractivity (Wildman–Crippen MR) is 81.9 cm³/mol. The highest BCUT2D eigenvalue weighted by Gasteiger charge is 2.12. The van der Waals surface area contributed by atoms with E-state index < -0.39 is 0 Å². The van der Waals surface area contributed by atoms with Crippen molar-refractivity contribution in [2.24, 2.45) is 0 Å². The zero-order chi connectivity index (χ0) is 14.2. The van der Waals surface area contributed by atoms with Gasteiger partial charge in [-0.05, 0) is 37.6 Å². The quantitative estimate of drug-likeness (QED) is 0.782. The molecule has 0 saturated heterocycles. The van der Waals surface area contributed by atoms with Crippen LogP contribution in [0.25, 0.3) is 0 Å². The van der Waals surface area contributed by atoms with E-state index in [1.54, 1.807) is 6.20 Å². The lowest BCUT2D eigenvalue weighted by Crippen LogP contribution is -2.25. The molecule has 0 aliphatic heterocycles. The van der Waals surface area contributed by atoms with E-state index in [1.807, 2.05) is 37.3 Å². The zero-order valence-electron chi connectivity index (χ0n) is 12.2. The Balaban J connectivity index is 2.07. The van der Waals surface area contributed by atoms with Gasteiger partial charge in [0.05, 0.1) is 6.20 Å². The first-order chi connectivity index (χ1) is 9.79. The van der Waals surface area contributed by atoms with Gasteiger partial charge in [-0.3, -0.25) is 4.98 Å². The summed E-state index contributed by atoms with van der Waals surface area (Å²) in [7, 11) is 0. The monoisotopic (exact) mass is 270 g/mol. The number of nitrogens with one attached hydrogen (secondary N) is 1. The van der Waals surface area contributed by atoms with Gasteiger partial charge in [0.1, 0.15) is 11.9 Å². The van der Waals surface area contributed by atoms with Crippen LogP contribution in [-0.2, 0) is 0 Å². The number of nitrogens with zero attached hydrogens (tertiary/aromatic N) is 1. The fraction of sp³-hybridized carbons (Fsp3) is 0.353. The Bertz CT molecular complexity index is 496. The van der Waals surface area contributed by atoms with E-state index in [9.17, 15) is 0 Å². The summed E-state index contributed by atoms with van der Waals surface area (Å²) in [5.74, 6) is 0.808. The third-order valence-corrected chi connectivity index (χ3v) is 3.09. The van der Waals surface area contributed by atoms with Crippen molar-refractivity contribution in [2.45, 2.75) is 26.4 Å². The van der Waals surface area contributed by atoms with Gasteiger partial charge >= 0.3 is 0 Å². The van der Waals surface area contributed by atoms with Crippen molar-refractivity contribution in [3.63, 3.8) is 0 Å². The molecule has 1 unspecified atom stereocenters. The highest BCUT2D eigenvalue weighted by Crippen LogP contribution is 2.21. The molecule has 2 aromatic rings. The Kier molecular flexibility index (Phi) is 5.56. The Morgan fingerprint density at radius 2 is 1.95 bits per heavy atom.